The fraction of sp³-hybridized carbons (Fsp3) is 0.414. The monoisotopic (exact) mass is 868 g/mol. The summed E-state index contributed by atoms with van der Waals surface area (Å²) in [6.45, 7) is 18.5. The molecule has 332 valence electrons. The molecule has 2 atom stereocenters. The highest BCUT2D eigenvalue weighted by atomic mass is 28.3. The highest BCUT2D eigenvalue weighted by Crippen LogP contribution is 2.55. The molecule has 0 spiro atoms. The standard InChI is InChI=1S/C58H68N2O3Si/c1-10-12-14-29-64(30-15-13-11-2)53-33-41(39-21-19-38(20-22-39)31-43(37-59)56(61)62)23-26-46(53)47-27-24-42(34-54(47)64)40-25-28-52-48(32-40)45-17-16-18-51(45)60(52)44-35-49(57(3,4)5)55(63-9)50(36-44)58(6,7)8/h19-28,31-36,45,51H,10-18,29-30H2,1-9H3,(H,61,62)/b43-31-. The predicted octanol–water partition coefficient (Wildman–Crippen LogP) is 14.3. The fourth-order valence-corrected chi connectivity index (χ4v) is 17.1. The van der Waals surface area contributed by atoms with E-state index >= 15 is 0 Å². The van der Waals surface area contributed by atoms with Gasteiger partial charge in [-0.15, -0.1) is 0 Å². The van der Waals surface area contributed by atoms with Gasteiger partial charge in [-0.25, -0.2) is 4.79 Å². The summed E-state index contributed by atoms with van der Waals surface area (Å²) in [7, 11) is -0.372. The molecule has 0 radical (unpaired) electrons. The van der Waals surface area contributed by atoms with Gasteiger partial charge >= 0.3 is 5.97 Å². The number of aliphatic carboxylic acids is 1. The summed E-state index contributed by atoms with van der Waals surface area (Å²) >= 11 is 0. The fourth-order valence-electron chi connectivity index (χ4n) is 11.4. The van der Waals surface area contributed by atoms with Crippen molar-refractivity contribution in [3.8, 4) is 45.2 Å². The van der Waals surface area contributed by atoms with Crippen molar-refractivity contribution in [1.82, 2.24) is 0 Å². The second-order valence-corrected chi connectivity index (χ2v) is 25.2. The molecule has 5 aromatic rings. The Morgan fingerprint density at radius 2 is 1.28 bits per heavy atom. The van der Waals surface area contributed by atoms with E-state index in [0.29, 0.717) is 17.5 Å². The first-order valence-electron chi connectivity index (χ1n) is 24.0. The molecule has 64 heavy (non-hydrogen) atoms. The molecule has 3 aliphatic rings. The van der Waals surface area contributed by atoms with E-state index in [1.165, 1.54) is 132 Å². The van der Waals surface area contributed by atoms with Gasteiger partial charge in [-0.1, -0.05) is 167 Å². The molecule has 1 N–H and O–H groups in total. The van der Waals surface area contributed by atoms with Crippen LogP contribution in [-0.2, 0) is 15.6 Å². The van der Waals surface area contributed by atoms with E-state index in [-0.39, 0.29) is 16.4 Å². The van der Waals surface area contributed by atoms with E-state index in [1.807, 2.05) is 19.2 Å². The zero-order valence-corrected chi connectivity index (χ0v) is 40.8. The van der Waals surface area contributed by atoms with E-state index < -0.39 is 14.0 Å². The van der Waals surface area contributed by atoms with Crippen LogP contribution in [0.4, 0.5) is 11.4 Å². The van der Waals surface area contributed by atoms with E-state index in [9.17, 15) is 15.2 Å². The maximum atomic E-state index is 11.5. The molecule has 2 heterocycles. The first-order valence-corrected chi connectivity index (χ1v) is 26.5. The minimum Gasteiger partial charge on any atom is -0.496 e. The highest BCUT2D eigenvalue weighted by Gasteiger charge is 2.46. The number of carbonyl (C=O) groups is 1. The van der Waals surface area contributed by atoms with Gasteiger partial charge in [-0.05, 0) is 121 Å². The maximum absolute atomic E-state index is 11.5. The third-order valence-corrected chi connectivity index (χ3v) is 20.0. The summed E-state index contributed by atoms with van der Waals surface area (Å²) in [5, 5.41) is 21.9. The molecule has 6 heteroatoms. The van der Waals surface area contributed by atoms with E-state index in [2.05, 4.69) is 139 Å². The number of ether oxygens (including phenoxy) is 1. The molecular weight excluding hydrogens is 801 g/mol. The number of hydrogen-bond acceptors (Lipinski definition) is 4. The summed E-state index contributed by atoms with van der Waals surface area (Å²) in [6.07, 6.45) is 12.5. The van der Waals surface area contributed by atoms with Crippen LogP contribution in [0.15, 0.2) is 96.6 Å². The number of nitriles is 1. The Hall–Kier alpha value is -5.38. The van der Waals surface area contributed by atoms with Crippen LogP contribution in [0.3, 0.4) is 0 Å². The summed E-state index contributed by atoms with van der Waals surface area (Å²) in [5.41, 5.74) is 14.8. The van der Waals surface area contributed by atoms with Crippen LogP contribution in [0.1, 0.15) is 141 Å². The SMILES string of the molecule is CCCCC[Si]1(CCCCC)c2cc(-c3ccc(/C=C(/C#N)C(=O)O)cc3)ccc2-c2ccc(-c3ccc4c(c3)C3CCCC3N4c3cc(C(C)(C)C)c(OC)c(C(C)(C)C)c3)cc21. The molecule has 1 fully saturated rings. The van der Waals surface area contributed by atoms with Crippen molar-refractivity contribution >= 4 is 41.9 Å². The number of methoxy groups -OCH3 is 1. The number of carboxylic acid groups (broad SMARTS) is 1. The number of nitrogens with zero attached hydrogens (tertiary/aromatic N) is 2. The second-order valence-electron chi connectivity index (χ2n) is 20.9. The number of fused-ring (bicyclic) bond motifs is 6. The molecule has 1 aliphatic carbocycles. The molecule has 0 bridgehead atoms. The van der Waals surface area contributed by atoms with Gasteiger partial charge in [0.25, 0.3) is 0 Å². The molecular formula is C58H68N2O3Si. The molecule has 5 aromatic carbocycles. The lowest BCUT2D eigenvalue weighted by Crippen LogP contribution is -2.55. The Morgan fingerprint density at radius 3 is 1.80 bits per heavy atom. The van der Waals surface area contributed by atoms with E-state index in [1.54, 1.807) is 16.4 Å². The van der Waals surface area contributed by atoms with Gasteiger partial charge in [0.1, 0.15) is 25.5 Å². The smallest absolute Gasteiger partial charge is 0.346 e. The van der Waals surface area contributed by atoms with Crippen molar-refractivity contribution in [3.05, 3.63) is 119 Å². The number of carboxylic acids is 1. The van der Waals surface area contributed by atoms with Gasteiger partial charge in [-0.3, -0.25) is 0 Å². The number of anilines is 2. The quantitative estimate of drug-likeness (QED) is 0.0521. The van der Waals surface area contributed by atoms with Crippen molar-refractivity contribution in [2.24, 2.45) is 0 Å². The van der Waals surface area contributed by atoms with Gasteiger partial charge in [-0.2, -0.15) is 5.26 Å². The van der Waals surface area contributed by atoms with Crippen LogP contribution in [0, 0.1) is 11.3 Å². The van der Waals surface area contributed by atoms with Gasteiger partial charge in [0.05, 0.1) is 7.11 Å². The predicted molar refractivity (Wildman–Crippen MR) is 271 cm³/mol. The van der Waals surface area contributed by atoms with Gasteiger partial charge in [0, 0.05) is 34.5 Å². The lowest BCUT2D eigenvalue weighted by molar-refractivity contribution is -0.132. The molecule has 0 amide bonds. The zero-order valence-electron chi connectivity index (χ0n) is 39.8. The van der Waals surface area contributed by atoms with Gasteiger partial charge in [0.2, 0.25) is 0 Å². The number of rotatable bonds is 14. The van der Waals surface area contributed by atoms with Crippen LogP contribution in [0.25, 0.3) is 39.5 Å². The topological polar surface area (TPSA) is 73.6 Å². The van der Waals surface area contributed by atoms with Gasteiger partial charge < -0.3 is 14.7 Å². The molecule has 1 saturated carbocycles. The first-order chi connectivity index (χ1) is 30.6. The minimum absolute atomic E-state index is 0.0683. The Balaban J connectivity index is 1.22. The third-order valence-electron chi connectivity index (χ3n) is 14.7. The summed E-state index contributed by atoms with van der Waals surface area (Å²) in [5.74, 6) is 0.329. The molecule has 2 aliphatic heterocycles. The average Bonchev–Trinajstić information content (AvgIpc) is 3.95. The average molecular weight is 869 g/mol. The van der Waals surface area contributed by atoms with E-state index in [4.69, 9.17) is 4.74 Å². The minimum atomic E-state index is -2.20. The maximum Gasteiger partial charge on any atom is 0.346 e. The summed E-state index contributed by atoms with van der Waals surface area (Å²) < 4.78 is 6.20. The lowest BCUT2D eigenvalue weighted by atomic mass is 9.79. The van der Waals surface area contributed by atoms with Crippen LogP contribution in [0.2, 0.25) is 12.1 Å². The van der Waals surface area contributed by atoms with Crippen LogP contribution < -0.4 is 20.0 Å². The number of unbranched alkanes of at least 4 members (excludes halogenated alkanes) is 4. The van der Waals surface area contributed by atoms with Crippen LogP contribution in [-0.4, -0.2) is 32.3 Å². The van der Waals surface area contributed by atoms with Crippen molar-refractivity contribution in [1.29, 1.82) is 5.26 Å². The highest BCUT2D eigenvalue weighted by molar-refractivity contribution is 7.05. The molecule has 2 unspecified atom stereocenters. The van der Waals surface area contributed by atoms with Crippen LogP contribution >= 0.6 is 0 Å². The van der Waals surface area contributed by atoms with Crippen molar-refractivity contribution in [2.45, 2.75) is 148 Å². The van der Waals surface area contributed by atoms with Crippen molar-refractivity contribution in [3.63, 3.8) is 0 Å². The van der Waals surface area contributed by atoms with Crippen molar-refractivity contribution in [2.75, 3.05) is 12.0 Å². The number of hydrogen-bond donors (Lipinski definition) is 1. The Labute approximate surface area is 384 Å². The molecule has 8 rings (SSSR count). The summed E-state index contributed by atoms with van der Waals surface area (Å²) in [6, 6.07) is 39.6. The molecule has 5 nitrogen and oxygen atoms in total. The van der Waals surface area contributed by atoms with Crippen molar-refractivity contribution < 1.29 is 14.6 Å². The number of benzene rings is 5. The van der Waals surface area contributed by atoms with E-state index in [0.717, 1.165) is 11.3 Å². The Morgan fingerprint density at radius 1 is 0.750 bits per heavy atom. The Kier molecular flexibility index (Phi) is 12.6. The first kappa shape index (κ1) is 45.2. The van der Waals surface area contributed by atoms with Crippen LogP contribution in [0.5, 0.6) is 5.75 Å². The summed E-state index contributed by atoms with van der Waals surface area (Å²) in [4.78, 5) is 14.2. The normalized spacial score (nSPS) is 17.4. The molecule has 0 saturated heterocycles. The second kappa shape index (κ2) is 17.9. The third kappa shape index (κ3) is 8.26. The molecule has 0 aromatic heterocycles. The lowest BCUT2D eigenvalue weighted by Gasteiger charge is -2.34. The zero-order chi connectivity index (χ0) is 45.6. The Bertz CT molecular complexity index is 2590. The largest absolute Gasteiger partial charge is 0.496 e. The van der Waals surface area contributed by atoms with Gasteiger partial charge in [0.15, 0.2) is 0 Å².